The molecule has 0 unspecified atom stereocenters. The van der Waals surface area contributed by atoms with Crippen molar-refractivity contribution in [3.05, 3.63) is 0 Å². The predicted molar refractivity (Wildman–Crippen MR) is 37.7 cm³/mol. The van der Waals surface area contributed by atoms with E-state index in [1.54, 1.807) is 0 Å². The molecule has 2 fully saturated rings. The summed E-state index contributed by atoms with van der Waals surface area (Å²) in [7, 11) is 0. The van der Waals surface area contributed by atoms with Crippen molar-refractivity contribution in [2.45, 2.75) is 25.4 Å². The van der Waals surface area contributed by atoms with E-state index in [1.165, 1.54) is 19.3 Å². The van der Waals surface area contributed by atoms with Gasteiger partial charge in [-0.3, -0.25) is 0 Å². The average Bonchev–Trinajstić information content (AvgIpc) is 2.44. The summed E-state index contributed by atoms with van der Waals surface area (Å²) in [6.07, 6.45) is 4.02. The van der Waals surface area contributed by atoms with Crippen molar-refractivity contribution < 1.29 is 9.84 Å². The summed E-state index contributed by atoms with van der Waals surface area (Å²) in [5.74, 6) is 1.23. The molecular weight excluding hydrogens is 128 g/mol. The molecule has 0 spiro atoms. The summed E-state index contributed by atoms with van der Waals surface area (Å²) >= 11 is 0. The molecule has 0 radical (unpaired) electrons. The van der Waals surface area contributed by atoms with Crippen LogP contribution in [0.4, 0.5) is 0 Å². The van der Waals surface area contributed by atoms with Crippen LogP contribution in [0.15, 0.2) is 0 Å². The zero-order valence-corrected chi connectivity index (χ0v) is 6.12. The Morgan fingerprint density at radius 2 is 2.20 bits per heavy atom. The summed E-state index contributed by atoms with van der Waals surface area (Å²) in [4.78, 5) is 0. The van der Waals surface area contributed by atoms with Crippen molar-refractivity contribution in [3.8, 4) is 0 Å². The van der Waals surface area contributed by atoms with Crippen LogP contribution in [0, 0.1) is 11.8 Å². The Labute approximate surface area is 61.2 Å². The van der Waals surface area contributed by atoms with Crippen LogP contribution < -0.4 is 0 Å². The average molecular weight is 142 g/mol. The summed E-state index contributed by atoms with van der Waals surface area (Å²) in [5, 5.41) is 8.96. The highest BCUT2D eigenvalue weighted by atomic mass is 16.5. The van der Waals surface area contributed by atoms with Gasteiger partial charge in [0, 0.05) is 13.2 Å². The van der Waals surface area contributed by atoms with Crippen LogP contribution in [-0.4, -0.2) is 24.4 Å². The second kappa shape index (κ2) is 2.51. The topological polar surface area (TPSA) is 29.5 Å². The van der Waals surface area contributed by atoms with Crippen molar-refractivity contribution in [2.75, 3.05) is 13.2 Å². The maximum atomic E-state index is 8.96. The molecule has 0 bridgehead atoms. The van der Waals surface area contributed by atoms with Crippen LogP contribution in [0.3, 0.4) is 0 Å². The van der Waals surface area contributed by atoms with Gasteiger partial charge >= 0.3 is 0 Å². The van der Waals surface area contributed by atoms with Gasteiger partial charge in [0.25, 0.3) is 0 Å². The lowest BCUT2D eigenvalue weighted by Crippen LogP contribution is -2.16. The van der Waals surface area contributed by atoms with Gasteiger partial charge in [-0.05, 0) is 31.1 Å². The van der Waals surface area contributed by atoms with Crippen molar-refractivity contribution in [2.24, 2.45) is 11.8 Å². The van der Waals surface area contributed by atoms with E-state index < -0.39 is 0 Å². The monoisotopic (exact) mass is 142 g/mol. The first-order valence-corrected chi connectivity index (χ1v) is 4.14. The van der Waals surface area contributed by atoms with Gasteiger partial charge in [-0.2, -0.15) is 0 Å². The van der Waals surface area contributed by atoms with Crippen molar-refractivity contribution in [1.29, 1.82) is 0 Å². The number of fused-ring (bicyclic) bond motifs is 1. The van der Waals surface area contributed by atoms with Gasteiger partial charge in [-0.15, -0.1) is 0 Å². The molecule has 1 heterocycles. The van der Waals surface area contributed by atoms with E-state index >= 15 is 0 Å². The van der Waals surface area contributed by atoms with Crippen LogP contribution in [-0.2, 0) is 4.74 Å². The Morgan fingerprint density at radius 3 is 3.00 bits per heavy atom. The highest BCUT2D eigenvalue weighted by Gasteiger charge is 2.39. The molecule has 0 aromatic carbocycles. The summed E-state index contributed by atoms with van der Waals surface area (Å²) in [6.45, 7) is 1.29. The third kappa shape index (κ3) is 0.867. The Hall–Kier alpha value is -0.0800. The number of rotatable bonds is 1. The SMILES string of the molecule is OC[C@H]1CC[C@@H]2OCC[C@H]12. The molecule has 1 aliphatic carbocycles. The van der Waals surface area contributed by atoms with E-state index in [1.807, 2.05) is 0 Å². The fraction of sp³-hybridized carbons (Fsp3) is 1.00. The molecular formula is C8H14O2. The van der Waals surface area contributed by atoms with Crippen LogP contribution >= 0.6 is 0 Å². The quantitative estimate of drug-likeness (QED) is 0.586. The standard InChI is InChI=1S/C8H14O2/c9-5-6-1-2-8-7(6)3-4-10-8/h6-9H,1-5H2/t6-,7-,8+/m1/s1. The van der Waals surface area contributed by atoms with Crippen LogP contribution in [0.25, 0.3) is 0 Å². The minimum atomic E-state index is 0.366. The van der Waals surface area contributed by atoms with Gasteiger partial charge in [0.2, 0.25) is 0 Å². The molecule has 2 aliphatic rings. The van der Waals surface area contributed by atoms with Crippen LogP contribution in [0.5, 0.6) is 0 Å². The smallest absolute Gasteiger partial charge is 0.0607 e. The minimum Gasteiger partial charge on any atom is -0.396 e. The molecule has 2 rings (SSSR count). The second-order valence-electron chi connectivity index (χ2n) is 3.38. The Kier molecular flexibility index (Phi) is 1.66. The van der Waals surface area contributed by atoms with Gasteiger partial charge in [0.15, 0.2) is 0 Å². The number of hydrogen-bond donors (Lipinski definition) is 1. The van der Waals surface area contributed by atoms with Crippen LogP contribution in [0.2, 0.25) is 0 Å². The molecule has 3 atom stereocenters. The number of hydrogen-bond acceptors (Lipinski definition) is 2. The lowest BCUT2D eigenvalue weighted by atomic mass is 9.94. The molecule has 2 nitrogen and oxygen atoms in total. The summed E-state index contributed by atoms with van der Waals surface area (Å²) in [6, 6.07) is 0. The van der Waals surface area contributed by atoms with Crippen LogP contribution in [0.1, 0.15) is 19.3 Å². The van der Waals surface area contributed by atoms with E-state index in [9.17, 15) is 0 Å². The van der Waals surface area contributed by atoms with Gasteiger partial charge < -0.3 is 9.84 Å². The van der Waals surface area contributed by atoms with Gasteiger partial charge in [-0.1, -0.05) is 0 Å². The van der Waals surface area contributed by atoms with Gasteiger partial charge in [0.1, 0.15) is 0 Å². The molecule has 0 aromatic heterocycles. The van der Waals surface area contributed by atoms with Gasteiger partial charge in [-0.25, -0.2) is 0 Å². The van der Waals surface area contributed by atoms with Crippen molar-refractivity contribution in [1.82, 2.24) is 0 Å². The minimum absolute atomic E-state index is 0.366. The summed E-state index contributed by atoms with van der Waals surface area (Å²) < 4.78 is 5.50. The van der Waals surface area contributed by atoms with Crippen molar-refractivity contribution >= 4 is 0 Å². The lowest BCUT2D eigenvalue weighted by Gasteiger charge is -2.13. The Bertz CT molecular complexity index is 124. The second-order valence-corrected chi connectivity index (χ2v) is 3.38. The number of aliphatic hydroxyl groups excluding tert-OH is 1. The molecule has 0 amide bonds. The Balaban J connectivity index is 2.01. The highest BCUT2D eigenvalue weighted by Crippen LogP contribution is 2.39. The fourth-order valence-electron chi connectivity index (χ4n) is 2.32. The largest absolute Gasteiger partial charge is 0.396 e. The maximum Gasteiger partial charge on any atom is 0.0607 e. The van der Waals surface area contributed by atoms with E-state index in [0.29, 0.717) is 24.5 Å². The Morgan fingerprint density at radius 1 is 1.30 bits per heavy atom. The van der Waals surface area contributed by atoms with Crippen molar-refractivity contribution in [3.63, 3.8) is 0 Å². The van der Waals surface area contributed by atoms with E-state index in [2.05, 4.69) is 0 Å². The highest BCUT2D eigenvalue weighted by molar-refractivity contribution is 4.88. The third-order valence-electron chi connectivity index (χ3n) is 2.92. The molecule has 0 aromatic rings. The zero-order chi connectivity index (χ0) is 6.97. The van der Waals surface area contributed by atoms with E-state index in [-0.39, 0.29) is 0 Å². The molecule has 2 heteroatoms. The zero-order valence-electron chi connectivity index (χ0n) is 6.12. The van der Waals surface area contributed by atoms with Gasteiger partial charge in [0.05, 0.1) is 6.10 Å². The number of aliphatic hydroxyl groups is 1. The maximum absolute atomic E-state index is 8.96. The normalized spacial score (nSPS) is 45.9. The summed E-state index contributed by atoms with van der Waals surface area (Å²) in [5.41, 5.74) is 0. The molecule has 1 saturated carbocycles. The molecule has 1 saturated heterocycles. The lowest BCUT2D eigenvalue weighted by molar-refractivity contribution is 0.0957. The first-order chi connectivity index (χ1) is 4.92. The third-order valence-corrected chi connectivity index (χ3v) is 2.92. The molecule has 10 heavy (non-hydrogen) atoms. The number of ether oxygens (including phenoxy) is 1. The first kappa shape index (κ1) is 6.62. The molecule has 1 aliphatic heterocycles. The fourth-order valence-corrected chi connectivity index (χ4v) is 2.32. The molecule has 58 valence electrons. The van der Waals surface area contributed by atoms with E-state index in [0.717, 1.165) is 6.61 Å². The van der Waals surface area contributed by atoms with E-state index in [4.69, 9.17) is 9.84 Å². The predicted octanol–water partition coefficient (Wildman–Crippen LogP) is 0.794. The molecule has 1 N–H and O–H groups in total. The first-order valence-electron chi connectivity index (χ1n) is 4.14.